The number of unbranched alkanes of at least 4 members (excludes halogenated alkanes) is 3. The first-order valence-electron chi connectivity index (χ1n) is 17.4. The van der Waals surface area contributed by atoms with Crippen LogP contribution in [0.4, 0.5) is 5.69 Å². The van der Waals surface area contributed by atoms with Gasteiger partial charge in [0.2, 0.25) is 12.2 Å². The molecule has 3 fully saturated rings. The van der Waals surface area contributed by atoms with Gasteiger partial charge in [-0.1, -0.05) is 44.4 Å². The average molecular weight is 713 g/mol. The van der Waals surface area contributed by atoms with Crippen molar-refractivity contribution in [3.8, 4) is 0 Å². The number of primary amides is 1. The van der Waals surface area contributed by atoms with Gasteiger partial charge in [-0.3, -0.25) is 28.7 Å². The number of hydrogen-bond acceptors (Lipinski definition) is 12. The summed E-state index contributed by atoms with van der Waals surface area (Å²) in [5.74, 6) is -3.21. The van der Waals surface area contributed by atoms with Gasteiger partial charge in [-0.2, -0.15) is 0 Å². The van der Waals surface area contributed by atoms with E-state index >= 15 is 0 Å². The molecule has 1 saturated carbocycles. The van der Waals surface area contributed by atoms with Crippen molar-refractivity contribution in [3.05, 3.63) is 75.3 Å². The molecule has 1 aromatic carbocycles. The van der Waals surface area contributed by atoms with Crippen LogP contribution in [-0.2, 0) is 47.5 Å². The van der Waals surface area contributed by atoms with Crippen LogP contribution in [0.25, 0.3) is 0 Å². The first-order chi connectivity index (χ1) is 24.6. The Hall–Kier alpha value is -4.35. The van der Waals surface area contributed by atoms with E-state index in [1.807, 2.05) is 6.07 Å². The molecule has 16 heteroatoms. The molecule has 1 aromatic heterocycles. The van der Waals surface area contributed by atoms with E-state index in [0.717, 1.165) is 42.7 Å². The van der Waals surface area contributed by atoms with Crippen molar-refractivity contribution in [1.82, 2.24) is 9.55 Å². The van der Waals surface area contributed by atoms with E-state index < -0.39 is 84.0 Å². The average Bonchev–Trinajstić information content (AvgIpc) is 3.82. The summed E-state index contributed by atoms with van der Waals surface area (Å²) >= 11 is 0. The fourth-order valence-electron chi connectivity index (χ4n) is 6.99. The number of H-pyrrole nitrogens is 1. The molecule has 0 radical (unpaired) electrons. The molecule has 1 spiro atoms. The highest BCUT2D eigenvalue weighted by Crippen LogP contribution is 2.46. The van der Waals surface area contributed by atoms with Gasteiger partial charge in [0, 0.05) is 44.3 Å². The largest absolute Gasteiger partial charge is 0.456 e. The fourth-order valence-corrected chi connectivity index (χ4v) is 6.99. The maximum Gasteiger partial charge on any atom is 0.330 e. The summed E-state index contributed by atoms with van der Waals surface area (Å²) in [7, 11) is 1.32. The van der Waals surface area contributed by atoms with Crippen molar-refractivity contribution in [2.24, 2.45) is 5.73 Å². The number of carbonyl (C=O) groups is 3. The monoisotopic (exact) mass is 712 g/mol. The maximum atomic E-state index is 13.4. The minimum atomic E-state index is -1.64. The topological polar surface area (TPSA) is 209 Å². The third-order valence-corrected chi connectivity index (χ3v) is 9.46. The summed E-state index contributed by atoms with van der Waals surface area (Å²) in [6.07, 6.45) is -0.810. The van der Waals surface area contributed by atoms with Gasteiger partial charge < -0.3 is 44.2 Å². The molecule has 16 nitrogen and oxygen atoms in total. The van der Waals surface area contributed by atoms with E-state index in [-0.39, 0.29) is 12.2 Å². The van der Waals surface area contributed by atoms with Crippen LogP contribution in [0.2, 0.25) is 0 Å². The Balaban J connectivity index is 1.28. The number of carbonyl (C=O) groups excluding carboxylic acids is 3. The number of anilines is 1. The van der Waals surface area contributed by atoms with E-state index in [4.69, 9.17) is 38.9 Å². The van der Waals surface area contributed by atoms with Gasteiger partial charge in [0.05, 0.1) is 0 Å². The summed E-state index contributed by atoms with van der Waals surface area (Å²) in [6.45, 7) is 2.05. The quantitative estimate of drug-likeness (QED) is 0.190. The summed E-state index contributed by atoms with van der Waals surface area (Å²) in [4.78, 5) is 66.6. The van der Waals surface area contributed by atoms with Gasteiger partial charge in [-0.05, 0) is 37.5 Å². The van der Waals surface area contributed by atoms with E-state index in [9.17, 15) is 24.0 Å². The number of amides is 2. The number of benzene rings is 1. The van der Waals surface area contributed by atoms with Crippen LogP contribution in [0, 0.1) is 0 Å². The number of hydrogen-bond donors (Lipinski definition) is 3. The predicted octanol–water partition coefficient (Wildman–Crippen LogP) is 2.13. The number of ether oxygens (including phenoxy) is 7. The molecule has 276 valence electrons. The number of nitrogens with one attached hydrogen (secondary N) is 2. The zero-order valence-electron chi connectivity index (χ0n) is 28.5. The summed E-state index contributed by atoms with van der Waals surface area (Å²) in [6, 6.07) is 9.87. The molecule has 8 atom stereocenters. The first kappa shape index (κ1) is 36.4. The van der Waals surface area contributed by atoms with Crippen molar-refractivity contribution < 1.29 is 47.5 Å². The lowest BCUT2D eigenvalue weighted by Gasteiger charge is -2.35. The van der Waals surface area contributed by atoms with Crippen LogP contribution in [-0.4, -0.2) is 83.1 Å². The third-order valence-electron chi connectivity index (χ3n) is 9.46. The van der Waals surface area contributed by atoms with Crippen LogP contribution in [0.1, 0.15) is 70.9 Å². The van der Waals surface area contributed by atoms with Gasteiger partial charge in [0.25, 0.3) is 11.5 Å². The number of para-hydroxylation sites is 1. The Bertz CT molecular complexity index is 1700. The predicted molar refractivity (Wildman–Crippen MR) is 178 cm³/mol. The highest BCUT2D eigenvalue weighted by atomic mass is 16.8. The number of aromatic nitrogens is 2. The Morgan fingerprint density at radius 1 is 1.06 bits per heavy atom. The van der Waals surface area contributed by atoms with Crippen molar-refractivity contribution >= 4 is 23.5 Å². The molecule has 4 aliphatic rings. The Morgan fingerprint density at radius 3 is 2.51 bits per heavy atom. The van der Waals surface area contributed by atoms with Crippen molar-refractivity contribution in [3.63, 3.8) is 0 Å². The molecule has 2 amide bonds. The minimum Gasteiger partial charge on any atom is -0.456 e. The molecule has 4 N–H and O–H groups in total. The van der Waals surface area contributed by atoms with E-state index in [2.05, 4.69) is 17.2 Å². The zero-order chi connectivity index (χ0) is 36.1. The smallest absolute Gasteiger partial charge is 0.330 e. The molecule has 2 saturated heterocycles. The van der Waals surface area contributed by atoms with E-state index in [1.165, 1.54) is 19.4 Å². The van der Waals surface area contributed by atoms with Crippen molar-refractivity contribution in [2.75, 3.05) is 12.4 Å². The Labute approximate surface area is 293 Å². The van der Waals surface area contributed by atoms with E-state index in [0.29, 0.717) is 24.9 Å². The number of esters is 1. The van der Waals surface area contributed by atoms with Crippen LogP contribution in [0.3, 0.4) is 0 Å². The number of nitrogens with zero attached hydrogens (tertiary/aromatic N) is 1. The van der Waals surface area contributed by atoms with Gasteiger partial charge in [-0.15, -0.1) is 0 Å². The molecule has 1 aliphatic carbocycles. The van der Waals surface area contributed by atoms with Crippen LogP contribution in [0.5, 0.6) is 0 Å². The highest BCUT2D eigenvalue weighted by molar-refractivity contribution is 6.02. The second kappa shape index (κ2) is 15.9. The molecule has 4 heterocycles. The zero-order valence-corrected chi connectivity index (χ0v) is 28.5. The normalized spacial score (nSPS) is 28.4. The molecule has 6 rings (SSSR count). The number of aromatic amines is 1. The SMILES string of the molecule is CCCCCCC(=O)O[C@@H]1[C@H](OC)[C@@H]([C@@H](O[C@H]2OC(C(=O)Nc3ccccc3)=C[C@@H]3OC4(CCCC4)O[C@H]23)C(N)=O)O[C@H]1n1ccc(=O)[nH]c1=O. The van der Waals surface area contributed by atoms with Gasteiger partial charge in [-0.25, -0.2) is 4.79 Å². The highest BCUT2D eigenvalue weighted by Gasteiger charge is 2.58. The van der Waals surface area contributed by atoms with Crippen LogP contribution >= 0.6 is 0 Å². The summed E-state index contributed by atoms with van der Waals surface area (Å²) < 4.78 is 44.0. The molecule has 51 heavy (non-hydrogen) atoms. The molecule has 0 unspecified atom stereocenters. The summed E-state index contributed by atoms with van der Waals surface area (Å²) in [5.41, 5.74) is 4.95. The van der Waals surface area contributed by atoms with Crippen molar-refractivity contribution in [2.45, 2.75) is 120 Å². The number of nitrogens with two attached hydrogens (primary N) is 1. The summed E-state index contributed by atoms with van der Waals surface area (Å²) in [5, 5.41) is 2.77. The standard InChI is InChI=1S/C35H44N4O12/c1-3-4-5-9-14-24(41)47-29-26(45-2)27(48-32(29)39-18-15-23(40)38-34(39)44)28(30(36)42)49-33-25-21(50-35(51-25)16-10-11-17-35)19-22(46-33)31(43)37-20-12-7-6-8-13-20/h6-8,12-13,15,18-19,21,25-29,32-33H,3-5,9-11,14,16-17H2,1-2H3,(H2,36,42)(H,37,43)(H,38,40,44)/t21-,25-,26+,27-,28+,29+,32+,33+/m0/s1. The number of rotatable bonds is 14. The molecular weight excluding hydrogens is 668 g/mol. The Morgan fingerprint density at radius 2 is 1.82 bits per heavy atom. The van der Waals surface area contributed by atoms with E-state index in [1.54, 1.807) is 24.3 Å². The molecule has 0 bridgehead atoms. The second-order valence-electron chi connectivity index (χ2n) is 13.1. The molecule has 3 aliphatic heterocycles. The Kier molecular flexibility index (Phi) is 11.4. The third kappa shape index (κ3) is 8.10. The van der Waals surface area contributed by atoms with Crippen LogP contribution in [0.15, 0.2) is 64.0 Å². The fraction of sp³-hybridized carbons (Fsp3) is 0.571. The first-order valence-corrected chi connectivity index (χ1v) is 17.4. The van der Waals surface area contributed by atoms with Gasteiger partial charge in [0.1, 0.15) is 18.3 Å². The van der Waals surface area contributed by atoms with Crippen LogP contribution < -0.4 is 22.3 Å². The lowest BCUT2D eigenvalue weighted by Crippen LogP contribution is -2.53. The van der Waals surface area contributed by atoms with Gasteiger partial charge in [0.15, 0.2) is 36.1 Å². The molecular formula is C35H44N4O12. The number of fused-ring (bicyclic) bond motifs is 1. The minimum absolute atomic E-state index is 0.0961. The maximum absolute atomic E-state index is 13.4. The van der Waals surface area contributed by atoms with Gasteiger partial charge >= 0.3 is 11.7 Å². The molecule has 2 aromatic rings. The van der Waals surface area contributed by atoms with Crippen molar-refractivity contribution in [1.29, 1.82) is 0 Å². The number of methoxy groups -OCH3 is 1. The second-order valence-corrected chi connectivity index (χ2v) is 13.1. The lowest BCUT2D eigenvalue weighted by atomic mass is 10.0. The lowest BCUT2D eigenvalue weighted by molar-refractivity contribution is -0.244.